The van der Waals surface area contributed by atoms with Crippen molar-refractivity contribution in [2.24, 2.45) is 0 Å². The molecule has 0 N–H and O–H groups in total. The summed E-state index contributed by atoms with van der Waals surface area (Å²) in [6.45, 7) is 9.92. The van der Waals surface area contributed by atoms with Gasteiger partial charge in [0.2, 0.25) is 0 Å². The summed E-state index contributed by atoms with van der Waals surface area (Å²) >= 11 is 0. The third-order valence-electron chi connectivity index (χ3n) is 3.17. The summed E-state index contributed by atoms with van der Waals surface area (Å²) in [6, 6.07) is 4.36. The van der Waals surface area contributed by atoms with Crippen LogP contribution in [0, 0.1) is 13.8 Å². The molecule has 1 rings (SSSR count). The molecule has 0 bridgehead atoms. The number of aromatic nitrogens is 1. The normalized spacial score (nSPS) is 12.5. The first-order valence-corrected chi connectivity index (χ1v) is 5.15. The minimum absolute atomic E-state index is 0.203. The molecule has 80 valence electrons. The van der Waals surface area contributed by atoms with Crippen LogP contribution in [0.2, 0.25) is 0 Å². The zero-order chi connectivity index (χ0) is 10.9. The van der Waals surface area contributed by atoms with Gasteiger partial charge in [0, 0.05) is 23.5 Å². The van der Waals surface area contributed by atoms with E-state index in [1.54, 1.807) is 0 Å². The van der Waals surface area contributed by atoms with E-state index >= 15 is 0 Å². The van der Waals surface area contributed by atoms with Crippen molar-refractivity contribution < 1.29 is 0 Å². The van der Waals surface area contributed by atoms with Crippen LogP contribution < -0.4 is 0 Å². The Hall–Kier alpha value is -0.760. The van der Waals surface area contributed by atoms with Gasteiger partial charge in [-0.25, -0.2) is 0 Å². The molecule has 0 unspecified atom stereocenters. The third kappa shape index (κ3) is 2.18. The lowest BCUT2D eigenvalue weighted by atomic mass is 10.0. The predicted octanol–water partition coefficient (Wildman–Crippen LogP) is 2.45. The van der Waals surface area contributed by atoms with Crippen LogP contribution in [-0.4, -0.2) is 29.1 Å². The van der Waals surface area contributed by atoms with Gasteiger partial charge < -0.3 is 9.47 Å². The van der Waals surface area contributed by atoms with Crippen LogP contribution in [0.5, 0.6) is 0 Å². The number of hydrogen-bond donors (Lipinski definition) is 0. The summed E-state index contributed by atoms with van der Waals surface area (Å²) in [5.74, 6) is 0. The molecule has 1 aromatic rings. The topological polar surface area (TPSA) is 8.17 Å². The molecule has 0 aromatic carbocycles. The average molecular weight is 194 g/mol. The van der Waals surface area contributed by atoms with Crippen molar-refractivity contribution in [2.45, 2.75) is 39.8 Å². The maximum Gasteiger partial charge on any atom is 0.0403 e. The number of aryl methyl sites for hydroxylation is 2. The largest absolute Gasteiger partial charge is 0.347 e. The molecule has 0 spiro atoms. The molecule has 2 heteroatoms. The van der Waals surface area contributed by atoms with E-state index in [0.29, 0.717) is 0 Å². The monoisotopic (exact) mass is 194 g/mol. The van der Waals surface area contributed by atoms with Gasteiger partial charge in [-0.3, -0.25) is 0 Å². The van der Waals surface area contributed by atoms with Crippen LogP contribution in [0.1, 0.15) is 25.2 Å². The van der Waals surface area contributed by atoms with Crippen molar-refractivity contribution in [1.82, 2.24) is 9.47 Å². The predicted molar refractivity (Wildman–Crippen MR) is 61.7 cm³/mol. The second kappa shape index (κ2) is 3.77. The molecule has 0 atom stereocenters. The van der Waals surface area contributed by atoms with Crippen LogP contribution in [0.4, 0.5) is 0 Å². The van der Waals surface area contributed by atoms with E-state index in [2.05, 4.69) is 63.4 Å². The van der Waals surface area contributed by atoms with E-state index in [1.165, 1.54) is 11.4 Å². The van der Waals surface area contributed by atoms with Gasteiger partial charge in [-0.1, -0.05) is 0 Å². The number of rotatable bonds is 3. The van der Waals surface area contributed by atoms with Crippen LogP contribution >= 0.6 is 0 Å². The van der Waals surface area contributed by atoms with Gasteiger partial charge in [-0.05, 0) is 53.9 Å². The van der Waals surface area contributed by atoms with Crippen molar-refractivity contribution in [3.63, 3.8) is 0 Å². The minimum atomic E-state index is 0.203. The Morgan fingerprint density at radius 3 is 1.93 bits per heavy atom. The molecule has 0 amide bonds. The van der Waals surface area contributed by atoms with Crippen molar-refractivity contribution in [1.29, 1.82) is 0 Å². The summed E-state index contributed by atoms with van der Waals surface area (Å²) in [5.41, 5.74) is 2.89. The molecule has 0 aliphatic heterocycles. The van der Waals surface area contributed by atoms with Gasteiger partial charge in [-0.15, -0.1) is 0 Å². The fourth-order valence-corrected chi connectivity index (χ4v) is 1.48. The lowest BCUT2D eigenvalue weighted by Crippen LogP contribution is -2.42. The Labute approximate surface area is 87.5 Å². The van der Waals surface area contributed by atoms with E-state index < -0.39 is 0 Å². The Morgan fingerprint density at radius 1 is 1.14 bits per heavy atom. The van der Waals surface area contributed by atoms with Crippen LogP contribution in [0.3, 0.4) is 0 Å². The highest BCUT2D eigenvalue weighted by Gasteiger charge is 2.21. The molecule has 0 radical (unpaired) electrons. The second-order valence-corrected chi connectivity index (χ2v) is 4.91. The van der Waals surface area contributed by atoms with Crippen LogP contribution in [0.15, 0.2) is 12.1 Å². The van der Waals surface area contributed by atoms with Gasteiger partial charge in [0.15, 0.2) is 0 Å². The fraction of sp³-hybridized carbons (Fsp3) is 0.667. The van der Waals surface area contributed by atoms with Gasteiger partial charge in [0.05, 0.1) is 0 Å². The average Bonchev–Trinajstić information content (AvgIpc) is 2.35. The summed E-state index contributed by atoms with van der Waals surface area (Å²) in [5, 5.41) is 0. The lowest BCUT2D eigenvalue weighted by Gasteiger charge is -2.34. The van der Waals surface area contributed by atoms with Gasteiger partial charge in [0.1, 0.15) is 0 Å². The Morgan fingerprint density at radius 2 is 1.57 bits per heavy atom. The van der Waals surface area contributed by atoms with Crippen molar-refractivity contribution >= 4 is 0 Å². The second-order valence-electron chi connectivity index (χ2n) is 4.91. The highest BCUT2D eigenvalue weighted by molar-refractivity contribution is 5.14. The fourth-order valence-electron chi connectivity index (χ4n) is 1.48. The molecule has 2 nitrogen and oxygen atoms in total. The van der Waals surface area contributed by atoms with Crippen molar-refractivity contribution in [3.05, 3.63) is 23.5 Å². The smallest absolute Gasteiger partial charge is 0.0403 e. The number of nitrogens with zero attached hydrogens (tertiary/aromatic N) is 2. The quantitative estimate of drug-likeness (QED) is 0.717. The maximum absolute atomic E-state index is 2.38. The zero-order valence-electron chi connectivity index (χ0n) is 10.3. The van der Waals surface area contributed by atoms with Gasteiger partial charge in [0.25, 0.3) is 0 Å². The maximum atomic E-state index is 2.38. The standard InChI is InChI=1S/C12H22N2/c1-10-7-8-11(2)14(10)9-12(3,4)13(5)6/h7-8H,9H2,1-6H3. The number of hydrogen-bond acceptors (Lipinski definition) is 1. The van der Waals surface area contributed by atoms with E-state index in [4.69, 9.17) is 0 Å². The lowest BCUT2D eigenvalue weighted by molar-refractivity contribution is 0.168. The zero-order valence-corrected chi connectivity index (χ0v) is 10.3. The van der Waals surface area contributed by atoms with Crippen LogP contribution in [-0.2, 0) is 6.54 Å². The highest BCUT2D eigenvalue weighted by Crippen LogP contribution is 2.17. The molecule has 0 aliphatic rings. The minimum Gasteiger partial charge on any atom is -0.347 e. The first kappa shape index (κ1) is 11.3. The third-order valence-corrected chi connectivity index (χ3v) is 3.17. The molecule has 1 heterocycles. The van der Waals surface area contributed by atoms with Gasteiger partial charge >= 0.3 is 0 Å². The number of likely N-dealkylation sites (N-methyl/N-ethyl adjacent to an activating group) is 1. The molecule has 1 aromatic heterocycles. The van der Waals surface area contributed by atoms with Crippen LogP contribution in [0.25, 0.3) is 0 Å². The van der Waals surface area contributed by atoms with Gasteiger partial charge in [-0.2, -0.15) is 0 Å². The Kier molecular flexibility index (Phi) is 3.05. The molecular weight excluding hydrogens is 172 g/mol. The summed E-state index contributed by atoms with van der Waals surface area (Å²) in [4.78, 5) is 2.27. The van der Waals surface area contributed by atoms with Crippen molar-refractivity contribution in [3.8, 4) is 0 Å². The summed E-state index contributed by atoms with van der Waals surface area (Å²) < 4.78 is 2.38. The molecule has 14 heavy (non-hydrogen) atoms. The van der Waals surface area contributed by atoms with Crippen molar-refractivity contribution in [2.75, 3.05) is 14.1 Å². The summed E-state index contributed by atoms with van der Waals surface area (Å²) in [6.07, 6.45) is 0. The molecule has 0 fully saturated rings. The van der Waals surface area contributed by atoms with E-state index in [9.17, 15) is 0 Å². The van der Waals surface area contributed by atoms with E-state index in [0.717, 1.165) is 6.54 Å². The molecule has 0 aliphatic carbocycles. The Bertz CT molecular complexity index is 289. The first-order valence-electron chi connectivity index (χ1n) is 5.15. The highest BCUT2D eigenvalue weighted by atomic mass is 15.2. The first-order chi connectivity index (χ1) is 6.34. The van der Waals surface area contributed by atoms with E-state index in [-0.39, 0.29) is 5.54 Å². The summed E-state index contributed by atoms with van der Waals surface area (Å²) in [7, 11) is 4.27. The molecule has 0 saturated carbocycles. The molecule has 0 saturated heterocycles. The molecular formula is C12H22N2. The van der Waals surface area contributed by atoms with E-state index in [1.807, 2.05) is 0 Å². The Balaban J connectivity index is 2.88. The SMILES string of the molecule is Cc1ccc(C)n1CC(C)(C)N(C)C.